The van der Waals surface area contributed by atoms with Crippen molar-refractivity contribution < 1.29 is 4.39 Å². The second-order valence-corrected chi connectivity index (χ2v) is 5.19. The van der Waals surface area contributed by atoms with Crippen molar-refractivity contribution in [3.63, 3.8) is 0 Å². The Kier molecular flexibility index (Phi) is 2.74. The Balaban J connectivity index is 1.94. The summed E-state index contributed by atoms with van der Waals surface area (Å²) in [6.45, 7) is 0.896. The van der Waals surface area contributed by atoms with Crippen LogP contribution >= 0.6 is 12.2 Å². The third-order valence-corrected chi connectivity index (χ3v) is 4.07. The van der Waals surface area contributed by atoms with E-state index in [1.54, 1.807) is 6.07 Å². The monoisotopic (exact) mass is 250 g/mol. The number of nitrogens with zero attached hydrogens (tertiary/aromatic N) is 1. The SMILES string of the molecule is Fc1cccc2c1[nH]c(=S)n2CCC1CCC1. The highest BCUT2D eigenvalue weighted by Crippen LogP contribution is 2.30. The van der Waals surface area contributed by atoms with Gasteiger partial charge < -0.3 is 9.55 Å². The minimum atomic E-state index is -0.226. The van der Waals surface area contributed by atoms with Gasteiger partial charge in [0.2, 0.25) is 0 Å². The predicted molar refractivity (Wildman–Crippen MR) is 69.0 cm³/mol. The van der Waals surface area contributed by atoms with Crippen molar-refractivity contribution in [3.05, 3.63) is 28.8 Å². The minimum absolute atomic E-state index is 0.226. The molecule has 1 N–H and O–H groups in total. The zero-order valence-electron chi connectivity index (χ0n) is 9.58. The number of nitrogens with one attached hydrogen (secondary N) is 1. The number of fused-ring (bicyclic) bond motifs is 1. The first-order valence-corrected chi connectivity index (χ1v) is 6.53. The highest BCUT2D eigenvalue weighted by atomic mass is 32.1. The molecule has 17 heavy (non-hydrogen) atoms. The predicted octanol–water partition coefficient (Wildman–Crippen LogP) is 4.03. The van der Waals surface area contributed by atoms with Crippen LogP contribution in [0.4, 0.5) is 4.39 Å². The van der Waals surface area contributed by atoms with Gasteiger partial charge in [-0.25, -0.2) is 4.39 Å². The quantitative estimate of drug-likeness (QED) is 0.816. The summed E-state index contributed by atoms with van der Waals surface area (Å²) in [7, 11) is 0. The van der Waals surface area contributed by atoms with Crippen LogP contribution in [-0.2, 0) is 6.54 Å². The highest BCUT2D eigenvalue weighted by Gasteiger charge is 2.17. The summed E-state index contributed by atoms with van der Waals surface area (Å²) >= 11 is 5.26. The fourth-order valence-electron chi connectivity index (χ4n) is 2.46. The summed E-state index contributed by atoms with van der Waals surface area (Å²) in [5, 5.41) is 0. The average molecular weight is 250 g/mol. The van der Waals surface area contributed by atoms with Crippen molar-refractivity contribution in [2.24, 2.45) is 5.92 Å². The average Bonchev–Trinajstić information content (AvgIpc) is 2.55. The first kappa shape index (κ1) is 11.0. The van der Waals surface area contributed by atoms with Crippen LogP contribution in [0.3, 0.4) is 0 Å². The molecule has 0 unspecified atom stereocenters. The van der Waals surface area contributed by atoms with Gasteiger partial charge in [-0.1, -0.05) is 25.3 Å². The van der Waals surface area contributed by atoms with Crippen molar-refractivity contribution in [1.82, 2.24) is 9.55 Å². The zero-order chi connectivity index (χ0) is 11.8. The summed E-state index contributed by atoms with van der Waals surface area (Å²) in [5.41, 5.74) is 1.42. The molecule has 0 bridgehead atoms. The highest BCUT2D eigenvalue weighted by molar-refractivity contribution is 7.71. The summed E-state index contributed by atoms with van der Waals surface area (Å²) in [4.78, 5) is 2.96. The maximum atomic E-state index is 13.6. The Labute approximate surface area is 104 Å². The maximum Gasteiger partial charge on any atom is 0.178 e. The van der Waals surface area contributed by atoms with Crippen molar-refractivity contribution in [1.29, 1.82) is 0 Å². The molecule has 1 aliphatic carbocycles. The van der Waals surface area contributed by atoms with Gasteiger partial charge in [0, 0.05) is 6.54 Å². The van der Waals surface area contributed by atoms with Gasteiger partial charge >= 0.3 is 0 Å². The maximum absolute atomic E-state index is 13.6. The van der Waals surface area contributed by atoms with Crippen LogP contribution < -0.4 is 0 Å². The number of rotatable bonds is 3. The van der Waals surface area contributed by atoms with Crippen LogP contribution in [0.15, 0.2) is 18.2 Å². The van der Waals surface area contributed by atoms with Gasteiger partial charge in [0.15, 0.2) is 4.77 Å². The van der Waals surface area contributed by atoms with Crippen molar-refractivity contribution in [2.75, 3.05) is 0 Å². The minimum Gasteiger partial charge on any atom is -0.328 e. The lowest BCUT2D eigenvalue weighted by atomic mass is 9.83. The van der Waals surface area contributed by atoms with Crippen LogP contribution in [0.25, 0.3) is 11.0 Å². The van der Waals surface area contributed by atoms with Crippen LogP contribution in [0.1, 0.15) is 25.7 Å². The van der Waals surface area contributed by atoms with E-state index in [9.17, 15) is 4.39 Å². The van der Waals surface area contributed by atoms with Crippen LogP contribution in [0, 0.1) is 16.5 Å². The number of aromatic nitrogens is 2. The molecule has 1 aromatic heterocycles. The second-order valence-electron chi connectivity index (χ2n) is 4.80. The molecule has 4 heteroatoms. The number of H-pyrrole nitrogens is 1. The Bertz CT molecular complexity index is 595. The van der Waals surface area contributed by atoms with E-state index < -0.39 is 0 Å². The second kappa shape index (κ2) is 4.26. The molecule has 1 aromatic carbocycles. The lowest BCUT2D eigenvalue weighted by Crippen LogP contribution is -2.13. The Morgan fingerprint density at radius 1 is 1.41 bits per heavy atom. The van der Waals surface area contributed by atoms with E-state index in [0.29, 0.717) is 10.3 Å². The molecule has 1 heterocycles. The molecule has 0 amide bonds. The van der Waals surface area contributed by atoms with Gasteiger partial charge in [-0.05, 0) is 36.7 Å². The first-order chi connectivity index (χ1) is 8.25. The molecule has 1 aliphatic rings. The van der Waals surface area contributed by atoms with Crippen LogP contribution in [0.5, 0.6) is 0 Å². The van der Waals surface area contributed by atoms with E-state index >= 15 is 0 Å². The van der Waals surface area contributed by atoms with Gasteiger partial charge in [-0.15, -0.1) is 0 Å². The van der Waals surface area contributed by atoms with Crippen LogP contribution in [-0.4, -0.2) is 9.55 Å². The normalized spacial score (nSPS) is 16.3. The molecular formula is C13H15FN2S. The first-order valence-electron chi connectivity index (χ1n) is 6.13. The molecule has 0 radical (unpaired) electrons. The lowest BCUT2D eigenvalue weighted by Gasteiger charge is -2.25. The number of halogens is 1. The van der Waals surface area contributed by atoms with Crippen molar-refractivity contribution >= 4 is 23.3 Å². The summed E-state index contributed by atoms with van der Waals surface area (Å²) in [6.07, 6.45) is 5.18. The third-order valence-electron chi connectivity index (χ3n) is 3.75. The number of aromatic amines is 1. The van der Waals surface area contributed by atoms with Crippen molar-refractivity contribution in [3.8, 4) is 0 Å². The summed E-state index contributed by atoms with van der Waals surface area (Å²) in [5.74, 6) is 0.617. The number of hydrogen-bond acceptors (Lipinski definition) is 1. The van der Waals surface area contributed by atoms with E-state index in [1.807, 2.05) is 10.6 Å². The van der Waals surface area contributed by atoms with E-state index in [-0.39, 0.29) is 5.82 Å². The number of para-hydroxylation sites is 1. The zero-order valence-corrected chi connectivity index (χ0v) is 10.4. The molecule has 3 rings (SSSR count). The Morgan fingerprint density at radius 2 is 2.24 bits per heavy atom. The fourth-order valence-corrected chi connectivity index (χ4v) is 2.75. The van der Waals surface area contributed by atoms with Gasteiger partial charge in [0.25, 0.3) is 0 Å². The number of benzene rings is 1. The van der Waals surface area contributed by atoms with E-state index in [2.05, 4.69) is 4.98 Å². The van der Waals surface area contributed by atoms with E-state index in [0.717, 1.165) is 24.4 Å². The topological polar surface area (TPSA) is 20.7 Å². The molecule has 2 aromatic rings. The standard InChI is InChI=1S/C13H15FN2S/c14-10-5-2-6-11-12(10)15-13(17)16(11)8-7-9-3-1-4-9/h2,5-6,9H,1,3-4,7-8H2,(H,15,17). The number of hydrogen-bond donors (Lipinski definition) is 1. The van der Waals surface area contributed by atoms with Gasteiger partial charge in [-0.3, -0.25) is 0 Å². The van der Waals surface area contributed by atoms with Crippen molar-refractivity contribution in [2.45, 2.75) is 32.2 Å². The number of imidazole rings is 1. The largest absolute Gasteiger partial charge is 0.328 e. The Morgan fingerprint density at radius 3 is 2.94 bits per heavy atom. The molecule has 0 spiro atoms. The smallest absolute Gasteiger partial charge is 0.178 e. The molecule has 0 saturated heterocycles. The molecule has 2 nitrogen and oxygen atoms in total. The van der Waals surface area contributed by atoms with E-state index in [1.165, 1.54) is 25.3 Å². The molecule has 1 saturated carbocycles. The third kappa shape index (κ3) is 1.90. The van der Waals surface area contributed by atoms with E-state index in [4.69, 9.17) is 12.2 Å². The number of aryl methyl sites for hydroxylation is 1. The molecular weight excluding hydrogens is 235 g/mol. The van der Waals surface area contributed by atoms with Crippen LogP contribution in [0.2, 0.25) is 0 Å². The van der Waals surface area contributed by atoms with Gasteiger partial charge in [0.1, 0.15) is 11.3 Å². The molecule has 90 valence electrons. The molecule has 0 atom stereocenters. The van der Waals surface area contributed by atoms with Gasteiger partial charge in [-0.2, -0.15) is 0 Å². The fraction of sp³-hybridized carbons (Fsp3) is 0.462. The molecule has 1 fully saturated rings. The summed E-state index contributed by atoms with van der Waals surface area (Å²) in [6, 6.07) is 5.12. The lowest BCUT2D eigenvalue weighted by molar-refractivity contribution is 0.283. The molecule has 0 aliphatic heterocycles. The summed E-state index contributed by atoms with van der Waals surface area (Å²) < 4.78 is 16.2. The van der Waals surface area contributed by atoms with Gasteiger partial charge in [0.05, 0.1) is 5.52 Å². The Hall–Kier alpha value is -1.16.